The van der Waals surface area contributed by atoms with Crippen molar-refractivity contribution in [2.45, 2.75) is 18.9 Å². The van der Waals surface area contributed by atoms with Crippen LogP contribution in [0.5, 0.6) is 0 Å². The van der Waals surface area contributed by atoms with E-state index in [2.05, 4.69) is 15.6 Å². The largest absolute Gasteiger partial charge is 0.340 e. The third-order valence-electron chi connectivity index (χ3n) is 4.30. The number of hydrogen-bond donors (Lipinski definition) is 0. The zero-order chi connectivity index (χ0) is 14.9. The molecule has 4 nitrogen and oxygen atoms in total. The van der Waals surface area contributed by atoms with Crippen molar-refractivity contribution < 1.29 is 4.79 Å². The predicted molar refractivity (Wildman–Crippen MR) is 88.0 cm³/mol. The molecule has 0 radical (unpaired) electrons. The summed E-state index contributed by atoms with van der Waals surface area (Å²) in [6, 6.07) is 12.5. The summed E-state index contributed by atoms with van der Waals surface area (Å²) in [4.78, 5) is 20.0. The summed E-state index contributed by atoms with van der Waals surface area (Å²) < 4.78 is 2.22. The lowest BCUT2D eigenvalue weighted by Crippen LogP contribution is -2.30. The first-order valence-corrected chi connectivity index (χ1v) is 8.41. The molecule has 22 heavy (non-hydrogen) atoms. The average molecular weight is 311 g/mol. The van der Waals surface area contributed by atoms with Gasteiger partial charge >= 0.3 is 0 Å². The molecule has 5 heteroatoms. The Morgan fingerprint density at radius 3 is 3.05 bits per heavy atom. The van der Waals surface area contributed by atoms with Gasteiger partial charge < -0.3 is 9.47 Å². The predicted octanol–water partition coefficient (Wildman–Crippen LogP) is 3.11. The summed E-state index contributed by atoms with van der Waals surface area (Å²) in [6.07, 6.45) is 3.42. The molecule has 1 amide bonds. The van der Waals surface area contributed by atoms with Crippen LogP contribution in [0.15, 0.2) is 48.1 Å². The molecule has 1 atom stereocenters. The number of amides is 1. The van der Waals surface area contributed by atoms with E-state index in [1.165, 1.54) is 0 Å². The maximum Gasteiger partial charge on any atom is 0.227 e. The number of carbonyl (C=O) groups is 1. The van der Waals surface area contributed by atoms with Crippen LogP contribution in [0.3, 0.4) is 0 Å². The quantitative estimate of drug-likeness (QED) is 0.745. The Kier molecular flexibility index (Phi) is 3.42. The van der Waals surface area contributed by atoms with Crippen molar-refractivity contribution in [3.63, 3.8) is 0 Å². The number of aromatic nitrogens is 2. The van der Waals surface area contributed by atoms with Crippen molar-refractivity contribution >= 4 is 28.3 Å². The number of imidazole rings is 1. The molecule has 0 N–H and O–H groups in total. The highest BCUT2D eigenvalue weighted by atomic mass is 32.1. The molecule has 4 rings (SSSR count). The van der Waals surface area contributed by atoms with Gasteiger partial charge in [0.15, 0.2) is 0 Å². The van der Waals surface area contributed by atoms with E-state index in [1.54, 1.807) is 11.3 Å². The second-order valence-electron chi connectivity index (χ2n) is 5.68. The molecule has 0 saturated carbocycles. The van der Waals surface area contributed by atoms with E-state index in [0.29, 0.717) is 12.5 Å². The fourth-order valence-corrected chi connectivity index (χ4v) is 3.83. The molecule has 1 saturated heterocycles. The highest BCUT2D eigenvalue weighted by Gasteiger charge is 2.28. The number of thiophene rings is 1. The molecule has 0 spiro atoms. The van der Waals surface area contributed by atoms with Gasteiger partial charge in [0.05, 0.1) is 29.8 Å². The molecule has 112 valence electrons. The van der Waals surface area contributed by atoms with E-state index in [4.69, 9.17) is 0 Å². The van der Waals surface area contributed by atoms with Crippen LogP contribution >= 0.6 is 11.3 Å². The minimum atomic E-state index is 0.231. The number of benzene rings is 1. The Hall–Kier alpha value is -2.14. The average Bonchev–Trinajstić information content (AvgIpc) is 3.27. The summed E-state index contributed by atoms with van der Waals surface area (Å²) in [5.74, 6) is 0.231. The Labute approximate surface area is 133 Å². The standard InChI is InChI=1S/C17H17N3OS/c21-17(10-14-4-3-9-22-14)19-8-7-13(11-19)20-12-18-15-5-1-2-6-16(15)20/h1-6,9,12-13H,7-8,10-11H2/t13-/m0/s1. The number of hydrogen-bond acceptors (Lipinski definition) is 3. The molecule has 1 fully saturated rings. The lowest BCUT2D eigenvalue weighted by Gasteiger charge is -2.17. The second-order valence-corrected chi connectivity index (χ2v) is 6.71. The molecule has 1 aliphatic heterocycles. The van der Waals surface area contributed by atoms with Crippen molar-refractivity contribution in [2.24, 2.45) is 0 Å². The fraction of sp³-hybridized carbons (Fsp3) is 0.294. The lowest BCUT2D eigenvalue weighted by atomic mass is 10.2. The normalized spacial score (nSPS) is 18.2. The van der Waals surface area contributed by atoms with Gasteiger partial charge in [0, 0.05) is 18.0 Å². The number of fused-ring (bicyclic) bond motifs is 1. The van der Waals surface area contributed by atoms with Gasteiger partial charge in [-0.05, 0) is 30.0 Å². The van der Waals surface area contributed by atoms with Gasteiger partial charge in [-0.3, -0.25) is 4.79 Å². The molecule has 1 aromatic carbocycles. The van der Waals surface area contributed by atoms with E-state index in [-0.39, 0.29) is 5.91 Å². The number of para-hydroxylation sites is 2. The number of nitrogens with zero attached hydrogens (tertiary/aromatic N) is 3. The summed E-state index contributed by atoms with van der Waals surface area (Å²) in [6.45, 7) is 1.62. The monoisotopic (exact) mass is 311 g/mol. The minimum Gasteiger partial charge on any atom is -0.340 e. The van der Waals surface area contributed by atoms with Crippen molar-refractivity contribution in [2.75, 3.05) is 13.1 Å². The highest BCUT2D eigenvalue weighted by Crippen LogP contribution is 2.26. The summed E-state index contributed by atoms with van der Waals surface area (Å²) >= 11 is 1.65. The summed E-state index contributed by atoms with van der Waals surface area (Å²) in [5, 5.41) is 2.02. The van der Waals surface area contributed by atoms with Gasteiger partial charge in [0.1, 0.15) is 0 Å². The number of rotatable bonds is 3. The third-order valence-corrected chi connectivity index (χ3v) is 5.17. The maximum absolute atomic E-state index is 12.4. The van der Waals surface area contributed by atoms with Crippen molar-refractivity contribution in [3.8, 4) is 0 Å². The topological polar surface area (TPSA) is 38.1 Å². The second kappa shape index (κ2) is 5.57. The molecular formula is C17H17N3OS. The first-order valence-electron chi connectivity index (χ1n) is 7.53. The van der Waals surface area contributed by atoms with Gasteiger partial charge in [-0.15, -0.1) is 11.3 Å². The molecule has 0 aliphatic carbocycles. The van der Waals surface area contributed by atoms with Gasteiger partial charge in [0.25, 0.3) is 0 Å². The van der Waals surface area contributed by atoms with Crippen molar-refractivity contribution in [1.82, 2.24) is 14.5 Å². The van der Waals surface area contributed by atoms with Crippen LogP contribution in [-0.4, -0.2) is 33.4 Å². The van der Waals surface area contributed by atoms with E-state index in [0.717, 1.165) is 35.4 Å². The number of carbonyl (C=O) groups excluding carboxylic acids is 1. The molecular weight excluding hydrogens is 294 g/mol. The minimum absolute atomic E-state index is 0.231. The van der Waals surface area contributed by atoms with E-state index in [1.807, 2.05) is 46.9 Å². The first kappa shape index (κ1) is 13.5. The molecule has 1 aliphatic rings. The Bertz CT molecular complexity index is 793. The van der Waals surface area contributed by atoms with Gasteiger partial charge in [0.2, 0.25) is 5.91 Å². The summed E-state index contributed by atoms with van der Waals surface area (Å²) in [5.41, 5.74) is 2.17. The lowest BCUT2D eigenvalue weighted by molar-refractivity contribution is -0.129. The fourth-order valence-electron chi connectivity index (χ4n) is 3.14. The Morgan fingerprint density at radius 1 is 1.27 bits per heavy atom. The molecule has 0 unspecified atom stereocenters. The highest BCUT2D eigenvalue weighted by molar-refractivity contribution is 7.10. The van der Waals surface area contributed by atoms with Crippen LogP contribution in [0.25, 0.3) is 11.0 Å². The molecule has 2 aromatic heterocycles. The van der Waals surface area contributed by atoms with E-state index >= 15 is 0 Å². The third kappa shape index (κ3) is 2.41. The first-order chi connectivity index (χ1) is 10.8. The zero-order valence-corrected chi connectivity index (χ0v) is 13.0. The Morgan fingerprint density at radius 2 is 2.18 bits per heavy atom. The van der Waals surface area contributed by atoms with Crippen LogP contribution in [0.4, 0.5) is 0 Å². The van der Waals surface area contributed by atoms with Crippen molar-refractivity contribution in [3.05, 3.63) is 53.0 Å². The smallest absolute Gasteiger partial charge is 0.227 e. The zero-order valence-electron chi connectivity index (χ0n) is 12.2. The van der Waals surface area contributed by atoms with Crippen LogP contribution in [0, 0.1) is 0 Å². The van der Waals surface area contributed by atoms with Crippen LogP contribution < -0.4 is 0 Å². The van der Waals surface area contributed by atoms with Crippen molar-refractivity contribution in [1.29, 1.82) is 0 Å². The van der Waals surface area contributed by atoms with Gasteiger partial charge in [-0.2, -0.15) is 0 Å². The van der Waals surface area contributed by atoms with Gasteiger partial charge in [-0.1, -0.05) is 18.2 Å². The van der Waals surface area contributed by atoms with Crippen LogP contribution in [0.2, 0.25) is 0 Å². The van der Waals surface area contributed by atoms with Crippen LogP contribution in [0.1, 0.15) is 17.3 Å². The molecule has 3 aromatic rings. The van der Waals surface area contributed by atoms with E-state index in [9.17, 15) is 4.79 Å². The SMILES string of the molecule is O=C(Cc1cccs1)N1CC[C@H](n2cnc3ccccc32)C1. The maximum atomic E-state index is 12.4. The van der Waals surface area contributed by atoms with E-state index < -0.39 is 0 Å². The number of likely N-dealkylation sites (tertiary alicyclic amines) is 1. The molecule has 0 bridgehead atoms. The van der Waals surface area contributed by atoms with Gasteiger partial charge in [-0.25, -0.2) is 4.98 Å². The summed E-state index contributed by atoms with van der Waals surface area (Å²) in [7, 11) is 0. The van der Waals surface area contributed by atoms with Crippen LogP contribution in [-0.2, 0) is 11.2 Å². The Balaban J connectivity index is 1.49. The molecule has 3 heterocycles.